The van der Waals surface area contributed by atoms with Gasteiger partial charge in [-0.05, 0) is 42.0 Å². The summed E-state index contributed by atoms with van der Waals surface area (Å²) in [5.74, 6) is 0.141. The number of hydrogen-bond donors (Lipinski definition) is 2. The Hall–Kier alpha value is -2.69. The molecule has 0 aliphatic heterocycles. The van der Waals surface area contributed by atoms with Crippen molar-refractivity contribution in [3.8, 4) is 5.75 Å². The highest BCUT2D eigenvalue weighted by Crippen LogP contribution is 2.13. The third-order valence-corrected chi connectivity index (χ3v) is 2.62. The van der Waals surface area contributed by atoms with E-state index in [1.165, 1.54) is 0 Å². The molecule has 23 heavy (non-hydrogen) atoms. The molecule has 0 fully saturated rings. The highest BCUT2D eigenvalue weighted by atomic mass is 16.6. The van der Waals surface area contributed by atoms with Gasteiger partial charge in [-0.3, -0.25) is 0 Å². The van der Waals surface area contributed by atoms with E-state index in [2.05, 4.69) is 0 Å². The number of esters is 1. The van der Waals surface area contributed by atoms with Crippen LogP contribution in [0.4, 0.5) is 11.4 Å². The van der Waals surface area contributed by atoms with Crippen LogP contribution in [0, 0.1) is 0 Å². The molecule has 2 rings (SSSR count). The van der Waals surface area contributed by atoms with Crippen LogP contribution in [0.25, 0.3) is 0 Å². The van der Waals surface area contributed by atoms with Gasteiger partial charge in [-0.25, -0.2) is 4.79 Å². The largest absolute Gasteiger partial charge is 0.482 e. The molecule has 0 atom stereocenters. The molecule has 0 saturated carbocycles. The van der Waals surface area contributed by atoms with E-state index in [-0.39, 0.29) is 35.5 Å². The number of hydrogen-bond acceptors (Lipinski definition) is 5. The summed E-state index contributed by atoms with van der Waals surface area (Å²) in [6.45, 7) is 0.0586. The van der Waals surface area contributed by atoms with Gasteiger partial charge in [-0.15, -0.1) is 0 Å². The molecule has 128 valence electrons. The first-order chi connectivity index (χ1) is 9.63. The Balaban J connectivity index is 0. The maximum absolute atomic E-state index is 11.5. The third-order valence-electron chi connectivity index (χ3n) is 2.62. The molecule has 5 nitrogen and oxygen atoms in total. The summed E-state index contributed by atoms with van der Waals surface area (Å²) in [7, 11) is 0. The van der Waals surface area contributed by atoms with Crippen molar-refractivity contribution in [3.63, 3.8) is 0 Å². The van der Waals surface area contributed by atoms with Crippen LogP contribution in [0.3, 0.4) is 0 Å². The highest BCUT2D eigenvalue weighted by molar-refractivity contribution is 5.71. The predicted molar refractivity (Wildman–Crippen MR) is 97.2 cm³/mol. The van der Waals surface area contributed by atoms with Gasteiger partial charge >= 0.3 is 5.97 Å². The average Bonchev–Trinajstić information content (AvgIpc) is 2.46. The number of anilines is 2. The lowest BCUT2D eigenvalue weighted by Crippen LogP contribution is -2.14. The number of nitrogens with two attached hydrogens (primary N) is 2. The molecule has 0 amide bonds. The van der Waals surface area contributed by atoms with E-state index in [0.717, 1.165) is 5.56 Å². The van der Waals surface area contributed by atoms with Crippen LogP contribution < -0.4 is 16.2 Å². The normalized spacial score (nSPS) is 8.70. The zero-order chi connectivity index (χ0) is 14.4. The zero-order valence-electron chi connectivity index (χ0n) is 10.9. The Bertz CT molecular complexity index is 514. The summed E-state index contributed by atoms with van der Waals surface area (Å²) in [5.41, 5.74) is 13.3. The fourth-order valence-corrected chi connectivity index (χ4v) is 1.53. The van der Waals surface area contributed by atoms with Gasteiger partial charge < -0.3 is 20.9 Å². The smallest absolute Gasteiger partial charge is 0.344 e. The van der Waals surface area contributed by atoms with Crippen molar-refractivity contribution in [2.45, 2.75) is 28.9 Å². The van der Waals surface area contributed by atoms with Gasteiger partial charge in [0.2, 0.25) is 0 Å². The summed E-state index contributed by atoms with van der Waals surface area (Å²) < 4.78 is 10.4. The van der Waals surface area contributed by atoms with Crippen molar-refractivity contribution in [3.05, 3.63) is 54.1 Å². The van der Waals surface area contributed by atoms with Gasteiger partial charge in [0.1, 0.15) is 12.4 Å². The Labute approximate surface area is 139 Å². The van der Waals surface area contributed by atoms with Crippen molar-refractivity contribution in [1.82, 2.24) is 0 Å². The second-order valence-corrected chi connectivity index (χ2v) is 4.26. The maximum atomic E-state index is 11.5. The van der Waals surface area contributed by atoms with Crippen molar-refractivity contribution in [2.24, 2.45) is 0 Å². The van der Waals surface area contributed by atoms with Gasteiger partial charge in [-0.2, -0.15) is 0 Å². The predicted octanol–water partition coefficient (Wildman–Crippen LogP) is 3.88. The van der Waals surface area contributed by atoms with E-state index >= 15 is 0 Å². The SMILES string of the molecule is C.C.C.Nc1ccc(COC(=O)COc2ccc(N)cc2)cc1. The average molecular weight is 320 g/mol. The number of carbonyl (C=O) groups is 1. The molecule has 0 aromatic heterocycles. The Morgan fingerprint density at radius 1 is 0.826 bits per heavy atom. The molecule has 0 radical (unpaired) electrons. The molecule has 0 spiro atoms. The summed E-state index contributed by atoms with van der Waals surface area (Å²) in [5, 5.41) is 0. The minimum atomic E-state index is -0.432. The first-order valence-corrected chi connectivity index (χ1v) is 6.12. The lowest BCUT2D eigenvalue weighted by Gasteiger charge is -2.07. The second kappa shape index (κ2) is 11.0. The van der Waals surface area contributed by atoms with Crippen LogP contribution in [-0.2, 0) is 16.1 Å². The first-order valence-electron chi connectivity index (χ1n) is 6.12. The molecule has 0 unspecified atom stereocenters. The molecular formula is C18H28N2O3. The number of carbonyl (C=O) groups excluding carboxylic acids is 1. The molecule has 0 aliphatic rings. The van der Waals surface area contributed by atoms with Crippen LogP contribution in [0.5, 0.6) is 5.75 Å². The van der Waals surface area contributed by atoms with E-state index < -0.39 is 5.97 Å². The standard InChI is InChI=1S/C15H16N2O3.3CH4/c16-12-3-1-11(2-4-12)9-20-15(18)10-19-14-7-5-13(17)6-8-14;;;/h1-8H,9-10,16-17H2;3*1H4. The molecular weight excluding hydrogens is 292 g/mol. The van der Waals surface area contributed by atoms with E-state index in [1.54, 1.807) is 36.4 Å². The van der Waals surface area contributed by atoms with Gasteiger partial charge in [0.05, 0.1) is 0 Å². The number of ether oxygens (including phenoxy) is 2. The molecule has 2 aromatic rings. The Kier molecular flexibility index (Phi) is 10.8. The number of benzene rings is 2. The fourth-order valence-electron chi connectivity index (χ4n) is 1.53. The van der Waals surface area contributed by atoms with Crippen LogP contribution >= 0.6 is 0 Å². The number of rotatable bonds is 5. The fraction of sp³-hybridized carbons (Fsp3) is 0.278. The van der Waals surface area contributed by atoms with Gasteiger partial charge in [0, 0.05) is 11.4 Å². The molecule has 2 aromatic carbocycles. The Morgan fingerprint density at radius 3 is 1.83 bits per heavy atom. The minimum absolute atomic E-state index is 0. The second-order valence-electron chi connectivity index (χ2n) is 4.26. The minimum Gasteiger partial charge on any atom is -0.482 e. The molecule has 0 saturated heterocycles. The summed E-state index contributed by atoms with van der Waals surface area (Å²) >= 11 is 0. The highest BCUT2D eigenvalue weighted by Gasteiger charge is 2.05. The zero-order valence-corrected chi connectivity index (χ0v) is 10.9. The lowest BCUT2D eigenvalue weighted by atomic mass is 10.2. The third kappa shape index (κ3) is 7.76. The molecule has 4 N–H and O–H groups in total. The molecule has 0 aliphatic carbocycles. The molecule has 0 heterocycles. The Morgan fingerprint density at radius 2 is 1.30 bits per heavy atom. The first kappa shape index (κ1) is 22.6. The summed E-state index contributed by atoms with van der Waals surface area (Å²) in [4.78, 5) is 11.5. The van der Waals surface area contributed by atoms with Crippen molar-refractivity contribution in [2.75, 3.05) is 18.1 Å². The number of nitrogen functional groups attached to an aromatic ring is 2. The molecule has 5 heteroatoms. The monoisotopic (exact) mass is 320 g/mol. The van der Waals surface area contributed by atoms with Gasteiger partial charge in [0.15, 0.2) is 6.61 Å². The van der Waals surface area contributed by atoms with E-state index in [9.17, 15) is 4.79 Å². The van der Waals surface area contributed by atoms with Crippen LogP contribution in [0.1, 0.15) is 27.8 Å². The summed E-state index contributed by atoms with van der Waals surface area (Å²) in [6, 6.07) is 13.9. The van der Waals surface area contributed by atoms with Crippen LogP contribution in [-0.4, -0.2) is 12.6 Å². The van der Waals surface area contributed by atoms with E-state index in [1.807, 2.05) is 12.1 Å². The summed E-state index contributed by atoms with van der Waals surface area (Å²) in [6.07, 6.45) is 0. The van der Waals surface area contributed by atoms with E-state index in [0.29, 0.717) is 17.1 Å². The topological polar surface area (TPSA) is 87.6 Å². The quantitative estimate of drug-likeness (QED) is 0.645. The van der Waals surface area contributed by atoms with E-state index in [4.69, 9.17) is 20.9 Å². The van der Waals surface area contributed by atoms with Crippen molar-refractivity contribution < 1.29 is 14.3 Å². The lowest BCUT2D eigenvalue weighted by molar-refractivity contribution is -0.147. The van der Waals surface area contributed by atoms with Crippen molar-refractivity contribution in [1.29, 1.82) is 0 Å². The van der Waals surface area contributed by atoms with Crippen LogP contribution in [0.15, 0.2) is 48.5 Å². The maximum Gasteiger partial charge on any atom is 0.344 e. The molecule has 0 bridgehead atoms. The van der Waals surface area contributed by atoms with Crippen molar-refractivity contribution >= 4 is 17.3 Å². The van der Waals surface area contributed by atoms with Gasteiger partial charge in [-0.1, -0.05) is 34.4 Å². The van der Waals surface area contributed by atoms with Gasteiger partial charge in [0.25, 0.3) is 0 Å². The van der Waals surface area contributed by atoms with Crippen LogP contribution in [0.2, 0.25) is 0 Å².